The van der Waals surface area contributed by atoms with Gasteiger partial charge >= 0.3 is 0 Å². The van der Waals surface area contributed by atoms with Crippen LogP contribution in [-0.2, 0) is 4.79 Å². The molecule has 0 fully saturated rings. The first kappa shape index (κ1) is 13.9. The van der Waals surface area contributed by atoms with E-state index in [2.05, 4.69) is 25.9 Å². The van der Waals surface area contributed by atoms with Crippen molar-refractivity contribution in [1.29, 1.82) is 0 Å². The predicted octanol–water partition coefficient (Wildman–Crippen LogP) is -0.226. The van der Waals surface area contributed by atoms with Crippen LogP contribution in [0.4, 0.5) is 5.82 Å². The molecule has 0 saturated carbocycles. The monoisotopic (exact) mass is 251 g/mol. The second kappa shape index (κ2) is 7.21. The average Bonchev–Trinajstić information content (AvgIpc) is 2.37. The summed E-state index contributed by atoms with van der Waals surface area (Å²) in [5.41, 5.74) is 0.178. The molecule has 0 atom stereocenters. The molecule has 0 bridgehead atoms. The fraction of sp³-hybridized carbons (Fsp3) is 0.455. The van der Waals surface area contributed by atoms with Crippen LogP contribution >= 0.6 is 0 Å². The highest BCUT2D eigenvalue weighted by atomic mass is 16.2. The molecule has 0 radical (unpaired) electrons. The number of hydrogen-bond acceptors (Lipinski definition) is 5. The predicted molar refractivity (Wildman–Crippen MR) is 67.2 cm³/mol. The Labute approximate surface area is 105 Å². The van der Waals surface area contributed by atoms with Crippen molar-refractivity contribution < 1.29 is 9.59 Å². The molecular formula is C11H17N5O2. The molecule has 7 heteroatoms. The summed E-state index contributed by atoms with van der Waals surface area (Å²) < 4.78 is 0. The average molecular weight is 251 g/mol. The number of anilines is 1. The second-order valence-electron chi connectivity index (χ2n) is 3.46. The van der Waals surface area contributed by atoms with Gasteiger partial charge in [-0.3, -0.25) is 14.6 Å². The fourth-order valence-corrected chi connectivity index (χ4v) is 1.25. The Kier molecular flexibility index (Phi) is 5.56. The van der Waals surface area contributed by atoms with Crippen LogP contribution in [0.15, 0.2) is 12.4 Å². The minimum Gasteiger partial charge on any atom is -0.369 e. The van der Waals surface area contributed by atoms with Gasteiger partial charge in [0.25, 0.3) is 5.91 Å². The van der Waals surface area contributed by atoms with Crippen LogP contribution in [-0.4, -0.2) is 41.4 Å². The van der Waals surface area contributed by atoms with Gasteiger partial charge in [-0.05, 0) is 13.8 Å². The van der Waals surface area contributed by atoms with E-state index < -0.39 is 5.91 Å². The van der Waals surface area contributed by atoms with E-state index >= 15 is 0 Å². The molecule has 0 aliphatic heterocycles. The molecule has 0 aliphatic rings. The van der Waals surface area contributed by atoms with Crippen molar-refractivity contribution in [2.75, 3.05) is 25.0 Å². The highest BCUT2D eigenvalue weighted by Gasteiger charge is 2.09. The molecule has 0 aromatic carbocycles. The van der Waals surface area contributed by atoms with E-state index in [1.54, 1.807) is 0 Å². The van der Waals surface area contributed by atoms with Crippen LogP contribution in [0.5, 0.6) is 0 Å². The van der Waals surface area contributed by atoms with Crippen LogP contribution in [0.3, 0.4) is 0 Å². The number of hydrogen-bond donors (Lipinski definition) is 3. The smallest absolute Gasteiger partial charge is 0.272 e. The lowest BCUT2D eigenvalue weighted by atomic mass is 10.4. The van der Waals surface area contributed by atoms with Crippen molar-refractivity contribution in [2.45, 2.75) is 13.8 Å². The summed E-state index contributed by atoms with van der Waals surface area (Å²) in [5, 5.41) is 8.01. The molecule has 7 nitrogen and oxygen atoms in total. The zero-order chi connectivity index (χ0) is 13.4. The van der Waals surface area contributed by atoms with Gasteiger partial charge in [0.05, 0.1) is 18.9 Å². The molecule has 0 spiro atoms. The fourth-order valence-electron chi connectivity index (χ4n) is 1.25. The van der Waals surface area contributed by atoms with Crippen molar-refractivity contribution in [3.8, 4) is 0 Å². The number of nitrogens with one attached hydrogen (secondary N) is 3. The van der Waals surface area contributed by atoms with E-state index in [0.717, 1.165) is 0 Å². The summed E-state index contributed by atoms with van der Waals surface area (Å²) in [4.78, 5) is 30.8. The third-order valence-corrected chi connectivity index (χ3v) is 2.01. The highest BCUT2D eigenvalue weighted by Crippen LogP contribution is 2.01. The first-order chi connectivity index (χ1) is 8.67. The number of likely N-dealkylation sites (N-methyl/N-ethyl adjacent to an activating group) is 1. The molecule has 0 saturated heterocycles. The largest absolute Gasteiger partial charge is 0.369 e. The third kappa shape index (κ3) is 4.36. The molecule has 2 amide bonds. The van der Waals surface area contributed by atoms with Gasteiger partial charge in [-0.2, -0.15) is 0 Å². The van der Waals surface area contributed by atoms with Crippen molar-refractivity contribution in [3.05, 3.63) is 18.1 Å². The van der Waals surface area contributed by atoms with Gasteiger partial charge in [-0.15, -0.1) is 0 Å². The Bertz CT molecular complexity index is 422. The maximum atomic E-state index is 11.7. The summed E-state index contributed by atoms with van der Waals surface area (Å²) in [6, 6.07) is 0. The lowest BCUT2D eigenvalue weighted by Gasteiger charge is -2.06. The summed E-state index contributed by atoms with van der Waals surface area (Å²) in [6.45, 7) is 4.89. The molecule has 0 unspecified atom stereocenters. The Balaban J connectivity index is 2.55. The minimum atomic E-state index is -0.423. The van der Waals surface area contributed by atoms with Crippen LogP contribution < -0.4 is 16.0 Å². The number of amides is 2. The quantitative estimate of drug-likeness (QED) is 0.649. The summed E-state index contributed by atoms with van der Waals surface area (Å²) in [7, 11) is 0. The topological polar surface area (TPSA) is 96.0 Å². The Hall–Kier alpha value is -2.18. The Morgan fingerprint density at radius 1 is 1.17 bits per heavy atom. The number of carbonyl (C=O) groups excluding carboxylic acids is 2. The van der Waals surface area contributed by atoms with Gasteiger partial charge in [-0.25, -0.2) is 4.98 Å². The van der Waals surface area contributed by atoms with Crippen molar-refractivity contribution >= 4 is 17.6 Å². The van der Waals surface area contributed by atoms with E-state index in [4.69, 9.17) is 0 Å². The van der Waals surface area contributed by atoms with E-state index in [0.29, 0.717) is 18.9 Å². The minimum absolute atomic E-state index is 0.0697. The third-order valence-electron chi connectivity index (χ3n) is 2.01. The van der Waals surface area contributed by atoms with Crippen molar-refractivity contribution in [2.24, 2.45) is 0 Å². The summed E-state index contributed by atoms with van der Waals surface area (Å²) >= 11 is 0. The van der Waals surface area contributed by atoms with Crippen molar-refractivity contribution in [1.82, 2.24) is 20.6 Å². The second-order valence-corrected chi connectivity index (χ2v) is 3.46. The van der Waals surface area contributed by atoms with Crippen molar-refractivity contribution in [3.63, 3.8) is 0 Å². The maximum Gasteiger partial charge on any atom is 0.272 e. The Morgan fingerprint density at radius 3 is 2.61 bits per heavy atom. The molecule has 1 aromatic heterocycles. The molecule has 1 heterocycles. The van der Waals surface area contributed by atoms with Gasteiger partial charge in [-0.1, -0.05) is 0 Å². The number of nitrogens with zero attached hydrogens (tertiary/aromatic N) is 2. The molecule has 18 heavy (non-hydrogen) atoms. The van der Waals surface area contributed by atoms with Crippen LogP contribution in [0.25, 0.3) is 0 Å². The lowest BCUT2D eigenvalue weighted by Crippen LogP contribution is -2.37. The Morgan fingerprint density at radius 2 is 1.94 bits per heavy atom. The number of rotatable bonds is 6. The lowest BCUT2D eigenvalue weighted by molar-refractivity contribution is -0.120. The normalized spacial score (nSPS) is 9.67. The maximum absolute atomic E-state index is 11.7. The van der Waals surface area contributed by atoms with Gasteiger partial charge in [0.2, 0.25) is 5.91 Å². The molecule has 1 aromatic rings. The summed E-state index contributed by atoms with van der Waals surface area (Å²) in [6.07, 6.45) is 2.89. The van der Waals surface area contributed by atoms with E-state index in [9.17, 15) is 9.59 Å². The molecule has 0 aliphatic carbocycles. The zero-order valence-corrected chi connectivity index (χ0v) is 10.5. The van der Waals surface area contributed by atoms with E-state index in [-0.39, 0.29) is 18.1 Å². The first-order valence-electron chi connectivity index (χ1n) is 5.78. The zero-order valence-electron chi connectivity index (χ0n) is 10.5. The number of aromatic nitrogens is 2. The summed E-state index contributed by atoms with van der Waals surface area (Å²) in [5.74, 6) is -0.127. The van der Waals surface area contributed by atoms with Crippen LogP contribution in [0, 0.1) is 0 Å². The first-order valence-corrected chi connectivity index (χ1v) is 5.78. The molecule has 3 N–H and O–H groups in total. The molecular weight excluding hydrogens is 234 g/mol. The van der Waals surface area contributed by atoms with E-state index in [1.807, 2.05) is 13.8 Å². The molecule has 1 rings (SSSR count). The van der Waals surface area contributed by atoms with Gasteiger partial charge in [0.15, 0.2) is 0 Å². The van der Waals surface area contributed by atoms with Crippen LogP contribution in [0.1, 0.15) is 24.3 Å². The van der Waals surface area contributed by atoms with Gasteiger partial charge in [0.1, 0.15) is 11.5 Å². The molecule has 98 valence electrons. The number of carbonyl (C=O) groups is 2. The van der Waals surface area contributed by atoms with Gasteiger partial charge < -0.3 is 16.0 Å². The standard InChI is InChI=1S/C11H17N5O2/c1-3-13-9-6-12-5-8(16-9)11(18)15-7-10(17)14-4-2/h5-6H,3-4,7H2,1-2H3,(H,13,16)(H,14,17)(H,15,18). The van der Waals surface area contributed by atoms with E-state index in [1.165, 1.54) is 12.4 Å². The van der Waals surface area contributed by atoms with Gasteiger partial charge in [0, 0.05) is 13.1 Å². The highest BCUT2D eigenvalue weighted by molar-refractivity contribution is 5.94. The van der Waals surface area contributed by atoms with Crippen LogP contribution in [0.2, 0.25) is 0 Å². The SMILES string of the molecule is CCNC(=O)CNC(=O)c1cncc(NCC)n1.